The summed E-state index contributed by atoms with van der Waals surface area (Å²) in [6, 6.07) is 22.0. The molecule has 0 bridgehead atoms. The van der Waals surface area contributed by atoms with Gasteiger partial charge in [0.05, 0.1) is 37.0 Å². The molecule has 2 heterocycles. The van der Waals surface area contributed by atoms with Crippen LogP contribution in [0.25, 0.3) is 10.8 Å². The van der Waals surface area contributed by atoms with Crippen molar-refractivity contribution in [2.24, 2.45) is 5.73 Å². The largest absolute Gasteiger partial charge is 0.492 e. The Balaban J connectivity index is 1.28. The van der Waals surface area contributed by atoms with Crippen molar-refractivity contribution in [1.82, 2.24) is 15.2 Å². The molecule has 5 N–H and O–H groups in total. The predicted molar refractivity (Wildman–Crippen MR) is 232 cm³/mol. The van der Waals surface area contributed by atoms with E-state index >= 15 is 0 Å². The number of carbonyl (C=O) groups is 2. The van der Waals surface area contributed by atoms with E-state index in [9.17, 15) is 18.0 Å². The SMILES string of the molecule is C#Cc1cc(Nc2cc(Oc3ccc(N(C(N)=O)c4cc(C(C)(C)C)cc(NS(C)(=O)=O)c4OC)c4ccccc34)ccn2)cc(C(=O)NCCN2CCCOCC2)c1. The van der Waals surface area contributed by atoms with Crippen LogP contribution in [0.2, 0.25) is 0 Å². The molecule has 1 aromatic heterocycles. The van der Waals surface area contributed by atoms with Gasteiger partial charge in [0.15, 0.2) is 5.75 Å². The highest BCUT2D eigenvalue weighted by Gasteiger charge is 2.28. The minimum Gasteiger partial charge on any atom is -0.492 e. The molecule has 1 aliphatic rings. The number of pyridine rings is 1. The summed E-state index contributed by atoms with van der Waals surface area (Å²) < 4.78 is 45.1. The molecule has 0 saturated carbocycles. The lowest BCUT2D eigenvalue weighted by molar-refractivity contribution is 0.0947. The lowest BCUT2D eigenvalue weighted by Gasteiger charge is -2.29. The van der Waals surface area contributed by atoms with Crippen LogP contribution in [-0.4, -0.2) is 83.0 Å². The molecular weight excluding hydrogens is 771 g/mol. The van der Waals surface area contributed by atoms with E-state index in [1.165, 1.54) is 12.0 Å². The average Bonchev–Trinajstić information content (AvgIpc) is 3.46. The zero-order valence-electron chi connectivity index (χ0n) is 33.8. The molecule has 308 valence electrons. The standard InChI is InChI=1S/C44H49N7O7S/c1-7-29-23-30(42(52)47-17-19-50-18-10-21-57-22-20-50)25-32(24-29)48-40-28-33(15-16-46-40)58-39-14-13-37(34-11-8-9-12-35(34)39)51(43(45)53)38-27-31(44(2,3)4)26-36(41(38)56-5)49-59(6,54)55/h1,8-9,11-16,23-28,49H,10,17-22H2,2-6H3,(H2,45,53)(H,46,48)(H,47,52). The first-order valence-electron chi connectivity index (χ1n) is 19.1. The normalized spacial score (nSPS) is 13.5. The molecular formula is C44H49N7O7S. The van der Waals surface area contributed by atoms with Gasteiger partial charge in [0.25, 0.3) is 5.91 Å². The van der Waals surface area contributed by atoms with Crippen LogP contribution in [0.1, 0.15) is 48.7 Å². The molecule has 0 radical (unpaired) electrons. The molecule has 1 fully saturated rings. The monoisotopic (exact) mass is 819 g/mol. The fourth-order valence-electron chi connectivity index (χ4n) is 6.79. The van der Waals surface area contributed by atoms with Gasteiger partial charge in [-0.1, -0.05) is 51.0 Å². The molecule has 4 aromatic carbocycles. The Morgan fingerprint density at radius 1 is 1.00 bits per heavy atom. The van der Waals surface area contributed by atoms with E-state index in [0.29, 0.717) is 63.7 Å². The van der Waals surface area contributed by atoms with Crippen LogP contribution < -0.4 is 35.5 Å². The number of primary amides is 1. The van der Waals surface area contributed by atoms with Crippen LogP contribution in [-0.2, 0) is 20.2 Å². The van der Waals surface area contributed by atoms with Crippen molar-refractivity contribution in [3.63, 3.8) is 0 Å². The van der Waals surface area contributed by atoms with Crippen molar-refractivity contribution in [1.29, 1.82) is 0 Å². The van der Waals surface area contributed by atoms with E-state index in [4.69, 9.17) is 26.4 Å². The molecule has 15 heteroatoms. The highest BCUT2D eigenvalue weighted by Crippen LogP contribution is 2.46. The van der Waals surface area contributed by atoms with Gasteiger partial charge in [0, 0.05) is 72.6 Å². The molecule has 6 rings (SSSR count). The van der Waals surface area contributed by atoms with Gasteiger partial charge < -0.3 is 30.6 Å². The van der Waals surface area contributed by atoms with Crippen molar-refractivity contribution in [3.05, 3.63) is 102 Å². The quantitative estimate of drug-likeness (QED) is 0.0897. The van der Waals surface area contributed by atoms with Crippen LogP contribution in [0.4, 0.5) is 33.4 Å². The summed E-state index contributed by atoms with van der Waals surface area (Å²) in [5, 5.41) is 7.52. The molecule has 3 amide bonds. The number of nitrogens with two attached hydrogens (primary N) is 1. The Bertz CT molecular complexity index is 2510. The number of hydrogen-bond donors (Lipinski definition) is 4. The summed E-state index contributed by atoms with van der Waals surface area (Å²) in [5.41, 5.74) is 8.73. The van der Waals surface area contributed by atoms with Crippen molar-refractivity contribution >= 4 is 61.3 Å². The highest BCUT2D eigenvalue weighted by atomic mass is 32.2. The smallest absolute Gasteiger partial charge is 0.324 e. The number of hydrogen-bond acceptors (Lipinski definition) is 10. The first-order chi connectivity index (χ1) is 28.1. The molecule has 0 spiro atoms. The average molecular weight is 820 g/mol. The number of ether oxygens (including phenoxy) is 3. The molecule has 5 aromatic rings. The topological polar surface area (TPSA) is 177 Å². The molecule has 0 aliphatic carbocycles. The van der Waals surface area contributed by atoms with Gasteiger partial charge in [-0.3, -0.25) is 19.3 Å². The molecule has 1 aliphatic heterocycles. The maximum absolute atomic E-state index is 13.4. The van der Waals surface area contributed by atoms with E-state index in [2.05, 4.69) is 31.2 Å². The molecule has 0 atom stereocenters. The number of fused-ring (bicyclic) bond motifs is 1. The summed E-state index contributed by atoms with van der Waals surface area (Å²) in [5.74, 6) is 3.87. The number of aromatic nitrogens is 1. The number of anilines is 5. The number of urea groups is 1. The van der Waals surface area contributed by atoms with Gasteiger partial charge >= 0.3 is 6.03 Å². The van der Waals surface area contributed by atoms with Gasteiger partial charge in [-0.25, -0.2) is 18.2 Å². The number of nitrogens with zero attached hydrogens (tertiary/aromatic N) is 3. The van der Waals surface area contributed by atoms with Crippen molar-refractivity contribution < 1.29 is 32.2 Å². The van der Waals surface area contributed by atoms with Gasteiger partial charge in [-0.15, -0.1) is 6.42 Å². The predicted octanol–water partition coefficient (Wildman–Crippen LogP) is 7.10. The second kappa shape index (κ2) is 18.1. The minimum absolute atomic E-state index is 0.114. The molecule has 14 nitrogen and oxygen atoms in total. The Hall–Kier alpha value is -6.34. The van der Waals surface area contributed by atoms with Crippen LogP contribution in [0.5, 0.6) is 17.2 Å². The number of terminal acetylenes is 1. The zero-order chi connectivity index (χ0) is 42.3. The van der Waals surface area contributed by atoms with E-state index < -0.39 is 21.5 Å². The van der Waals surface area contributed by atoms with Gasteiger partial charge in [0.2, 0.25) is 10.0 Å². The highest BCUT2D eigenvalue weighted by molar-refractivity contribution is 7.92. The second-order valence-electron chi connectivity index (χ2n) is 15.1. The van der Waals surface area contributed by atoms with Crippen molar-refractivity contribution in [2.75, 3.05) is 67.7 Å². The maximum atomic E-state index is 13.4. The van der Waals surface area contributed by atoms with Crippen LogP contribution in [0.15, 0.2) is 85.1 Å². The van der Waals surface area contributed by atoms with E-state index in [1.54, 1.807) is 60.8 Å². The summed E-state index contributed by atoms with van der Waals surface area (Å²) in [6.45, 7) is 10.3. The number of sulfonamides is 1. The summed E-state index contributed by atoms with van der Waals surface area (Å²) in [6.07, 6.45) is 9.37. The molecule has 1 saturated heterocycles. The Morgan fingerprint density at radius 3 is 2.49 bits per heavy atom. The Morgan fingerprint density at radius 2 is 1.78 bits per heavy atom. The number of rotatable bonds is 13. The van der Waals surface area contributed by atoms with Crippen LogP contribution in [0, 0.1) is 12.3 Å². The molecule has 0 unspecified atom stereocenters. The summed E-state index contributed by atoms with van der Waals surface area (Å²) in [4.78, 5) is 34.6. The number of benzene rings is 4. The van der Waals surface area contributed by atoms with E-state index in [0.717, 1.165) is 44.5 Å². The Kier molecular flexibility index (Phi) is 12.9. The Labute approximate surface area is 345 Å². The third-order valence-corrected chi connectivity index (χ3v) is 10.2. The lowest BCUT2D eigenvalue weighted by atomic mass is 9.86. The van der Waals surface area contributed by atoms with Crippen molar-refractivity contribution in [2.45, 2.75) is 32.6 Å². The minimum atomic E-state index is -3.72. The number of carbonyl (C=O) groups excluding carboxylic acids is 2. The zero-order valence-corrected chi connectivity index (χ0v) is 34.6. The fraction of sp³-hybridized carbons (Fsp3) is 0.295. The van der Waals surface area contributed by atoms with Gasteiger partial charge in [0.1, 0.15) is 17.3 Å². The van der Waals surface area contributed by atoms with Crippen LogP contribution >= 0.6 is 0 Å². The number of amides is 3. The maximum Gasteiger partial charge on any atom is 0.324 e. The van der Waals surface area contributed by atoms with Crippen molar-refractivity contribution in [3.8, 4) is 29.6 Å². The van der Waals surface area contributed by atoms with E-state index in [1.807, 2.05) is 45.0 Å². The third kappa shape index (κ3) is 10.6. The third-order valence-electron chi connectivity index (χ3n) is 9.62. The second-order valence-corrected chi connectivity index (χ2v) is 16.9. The summed E-state index contributed by atoms with van der Waals surface area (Å²) in [7, 11) is -2.33. The van der Waals surface area contributed by atoms with Gasteiger partial charge in [-0.2, -0.15) is 0 Å². The number of methoxy groups -OCH3 is 1. The first kappa shape index (κ1) is 42.3. The summed E-state index contributed by atoms with van der Waals surface area (Å²) >= 11 is 0. The number of nitrogens with one attached hydrogen (secondary N) is 3. The van der Waals surface area contributed by atoms with Gasteiger partial charge in [-0.05, 0) is 65.9 Å². The lowest BCUT2D eigenvalue weighted by Crippen LogP contribution is -2.36. The van der Waals surface area contributed by atoms with Crippen LogP contribution in [0.3, 0.4) is 0 Å². The van der Waals surface area contributed by atoms with E-state index in [-0.39, 0.29) is 23.0 Å². The molecule has 59 heavy (non-hydrogen) atoms. The fourth-order valence-corrected chi connectivity index (χ4v) is 7.34. The first-order valence-corrected chi connectivity index (χ1v) is 20.9.